The minimum Gasteiger partial charge on any atom is -0.341 e. The van der Waals surface area contributed by atoms with Gasteiger partial charge in [0.2, 0.25) is 5.95 Å². The first-order valence-corrected chi connectivity index (χ1v) is 10.3. The van der Waals surface area contributed by atoms with Crippen molar-refractivity contribution in [3.8, 4) is 0 Å². The lowest BCUT2D eigenvalue weighted by Crippen LogP contribution is -2.43. The molecule has 1 N–H and O–H groups in total. The van der Waals surface area contributed by atoms with Crippen molar-refractivity contribution in [3.63, 3.8) is 0 Å². The third-order valence-corrected chi connectivity index (χ3v) is 6.13. The molecular weight excluding hydrogens is 340 g/mol. The van der Waals surface area contributed by atoms with E-state index in [0.29, 0.717) is 6.04 Å². The van der Waals surface area contributed by atoms with Gasteiger partial charge in [-0.05, 0) is 56.7 Å². The fourth-order valence-electron chi connectivity index (χ4n) is 3.66. The summed E-state index contributed by atoms with van der Waals surface area (Å²) in [7, 11) is 0. The molecule has 1 aromatic carbocycles. The lowest BCUT2D eigenvalue weighted by atomic mass is 10.1. The molecule has 0 atom stereocenters. The third kappa shape index (κ3) is 3.89. The lowest BCUT2D eigenvalue weighted by Gasteiger charge is -2.32. The van der Waals surface area contributed by atoms with Crippen LogP contribution in [0.2, 0.25) is 0 Å². The Hall–Kier alpha value is -1.98. The molecule has 4 rings (SSSR count). The molecule has 136 valence electrons. The van der Waals surface area contributed by atoms with E-state index in [1.807, 2.05) is 11.3 Å². The smallest absolute Gasteiger partial charge is 0.226 e. The van der Waals surface area contributed by atoms with Gasteiger partial charge in [0.1, 0.15) is 0 Å². The van der Waals surface area contributed by atoms with Crippen LogP contribution in [0, 0.1) is 13.8 Å². The van der Waals surface area contributed by atoms with E-state index in [1.165, 1.54) is 15.8 Å². The Labute approximate surface area is 159 Å². The monoisotopic (exact) mass is 366 g/mol. The minimum atomic E-state index is 0.607. The van der Waals surface area contributed by atoms with Crippen molar-refractivity contribution in [1.29, 1.82) is 0 Å². The first-order valence-electron chi connectivity index (χ1n) is 9.45. The fourth-order valence-corrected chi connectivity index (χ4v) is 4.37. The largest absolute Gasteiger partial charge is 0.341 e. The number of hydrogen-bond donors (Lipinski definition) is 1. The van der Waals surface area contributed by atoms with E-state index in [2.05, 4.69) is 59.8 Å². The zero-order chi connectivity index (χ0) is 17.9. The number of nitrogens with one attached hydrogen (secondary N) is 1. The Morgan fingerprint density at radius 2 is 2.00 bits per heavy atom. The van der Waals surface area contributed by atoms with Crippen LogP contribution in [-0.2, 0) is 6.42 Å². The van der Waals surface area contributed by atoms with Gasteiger partial charge in [-0.15, -0.1) is 11.3 Å². The van der Waals surface area contributed by atoms with Gasteiger partial charge in [-0.25, -0.2) is 9.97 Å². The first kappa shape index (κ1) is 17.4. The van der Waals surface area contributed by atoms with Crippen molar-refractivity contribution in [2.75, 3.05) is 24.5 Å². The third-order valence-electron chi connectivity index (χ3n) is 5.19. The highest BCUT2D eigenvalue weighted by atomic mass is 32.1. The summed E-state index contributed by atoms with van der Waals surface area (Å²) in [5.74, 6) is 0.885. The average molecular weight is 367 g/mol. The molecule has 0 radical (unpaired) electrons. The maximum absolute atomic E-state index is 4.82. The second-order valence-electron chi connectivity index (χ2n) is 7.17. The van der Waals surface area contributed by atoms with Crippen LogP contribution in [0.5, 0.6) is 0 Å². The van der Waals surface area contributed by atoms with Gasteiger partial charge in [-0.1, -0.05) is 17.7 Å². The highest BCUT2D eigenvalue weighted by molar-refractivity contribution is 7.09. The van der Waals surface area contributed by atoms with Crippen LogP contribution in [-0.4, -0.2) is 35.6 Å². The molecule has 3 heterocycles. The Morgan fingerprint density at radius 3 is 2.77 bits per heavy atom. The van der Waals surface area contributed by atoms with Crippen LogP contribution in [0.1, 0.15) is 29.0 Å². The maximum Gasteiger partial charge on any atom is 0.226 e. The number of anilines is 1. The van der Waals surface area contributed by atoms with E-state index < -0.39 is 0 Å². The Bertz CT molecular complexity index is 867. The molecule has 0 spiro atoms. The van der Waals surface area contributed by atoms with Gasteiger partial charge in [0.05, 0.1) is 11.2 Å². The highest BCUT2D eigenvalue weighted by Gasteiger charge is 2.21. The van der Waals surface area contributed by atoms with Crippen LogP contribution >= 0.6 is 11.3 Å². The standard InChI is InChI=1S/C21H26N4S/c1-15-5-6-20-19(14-15)16(2)23-21(24-20)25-11-8-17(9-12-25)22-10-7-18-4-3-13-26-18/h3-6,13-14,17,22H,7-12H2,1-2H3. The molecule has 0 saturated carbocycles. The summed E-state index contributed by atoms with van der Waals surface area (Å²) in [5, 5.41) is 7.04. The Balaban J connectivity index is 1.35. The normalized spacial score (nSPS) is 15.7. The van der Waals surface area contributed by atoms with Gasteiger partial charge in [0, 0.05) is 35.9 Å². The van der Waals surface area contributed by atoms with E-state index in [4.69, 9.17) is 9.97 Å². The number of rotatable bonds is 5. The van der Waals surface area contributed by atoms with Crippen LogP contribution in [0.25, 0.3) is 10.9 Å². The summed E-state index contributed by atoms with van der Waals surface area (Å²) >= 11 is 1.85. The van der Waals surface area contributed by atoms with E-state index >= 15 is 0 Å². The van der Waals surface area contributed by atoms with Gasteiger partial charge >= 0.3 is 0 Å². The molecule has 0 unspecified atom stereocenters. The molecular formula is C21H26N4S. The van der Waals surface area contributed by atoms with Crippen LogP contribution in [0.4, 0.5) is 5.95 Å². The van der Waals surface area contributed by atoms with E-state index in [1.54, 1.807) is 0 Å². The number of benzene rings is 1. The highest BCUT2D eigenvalue weighted by Crippen LogP contribution is 2.22. The van der Waals surface area contributed by atoms with Crippen molar-refractivity contribution < 1.29 is 0 Å². The van der Waals surface area contributed by atoms with Gasteiger partial charge in [-0.2, -0.15) is 0 Å². The predicted octanol–water partition coefficient (Wildman–Crippen LogP) is 4.11. The molecule has 1 aliphatic rings. The molecule has 0 aliphatic carbocycles. The average Bonchev–Trinajstić information content (AvgIpc) is 3.16. The summed E-state index contributed by atoms with van der Waals surface area (Å²) in [6.07, 6.45) is 3.43. The number of hydrogen-bond acceptors (Lipinski definition) is 5. The summed E-state index contributed by atoms with van der Waals surface area (Å²) in [6, 6.07) is 11.4. The second kappa shape index (κ2) is 7.72. The number of aryl methyl sites for hydroxylation is 2. The zero-order valence-electron chi connectivity index (χ0n) is 15.5. The molecule has 26 heavy (non-hydrogen) atoms. The van der Waals surface area contributed by atoms with Crippen molar-refractivity contribution in [2.45, 2.75) is 39.2 Å². The summed E-state index contributed by atoms with van der Waals surface area (Å²) in [5.41, 5.74) is 3.38. The zero-order valence-corrected chi connectivity index (χ0v) is 16.4. The van der Waals surface area contributed by atoms with Crippen LogP contribution < -0.4 is 10.2 Å². The van der Waals surface area contributed by atoms with Crippen molar-refractivity contribution in [1.82, 2.24) is 15.3 Å². The number of thiophene rings is 1. The SMILES string of the molecule is Cc1ccc2nc(N3CCC(NCCc4cccs4)CC3)nc(C)c2c1. The van der Waals surface area contributed by atoms with Gasteiger partial charge in [0.15, 0.2) is 0 Å². The summed E-state index contributed by atoms with van der Waals surface area (Å²) in [6.45, 7) is 7.31. The van der Waals surface area contributed by atoms with E-state index in [9.17, 15) is 0 Å². The second-order valence-corrected chi connectivity index (χ2v) is 8.21. The number of fused-ring (bicyclic) bond motifs is 1. The van der Waals surface area contributed by atoms with Crippen molar-refractivity contribution >= 4 is 28.2 Å². The molecule has 2 aromatic heterocycles. The molecule has 4 nitrogen and oxygen atoms in total. The predicted molar refractivity (Wildman–Crippen MR) is 110 cm³/mol. The van der Waals surface area contributed by atoms with Gasteiger partial charge < -0.3 is 10.2 Å². The Kier molecular flexibility index (Phi) is 5.18. The van der Waals surface area contributed by atoms with Crippen molar-refractivity contribution in [2.24, 2.45) is 0 Å². The lowest BCUT2D eigenvalue weighted by molar-refractivity contribution is 0.415. The van der Waals surface area contributed by atoms with Crippen LogP contribution in [0.15, 0.2) is 35.7 Å². The minimum absolute atomic E-state index is 0.607. The molecule has 1 saturated heterocycles. The van der Waals surface area contributed by atoms with Crippen LogP contribution in [0.3, 0.4) is 0 Å². The van der Waals surface area contributed by atoms with E-state index in [0.717, 1.165) is 56.1 Å². The number of aromatic nitrogens is 2. The molecule has 5 heteroatoms. The summed E-state index contributed by atoms with van der Waals surface area (Å²) < 4.78 is 0. The van der Waals surface area contributed by atoms with Gasteiger partial charge in [-0.3, -0.25) is 0 Å². The molecule has 3 aromatic rings. The fraction of sp³-hybridized carbons (Fsp3) is 0.429. The molecule has 1 aliphatic heterocycles. The number of nitrogens with zero attached hydrogens (tertiary/aromatic N) is 3. The maximum atomic E-state index is 4.82. The molecule has 1 fully saturated rings. The van der Waals surface area contributed by atoms with E-state index in [-0.39, 0.29) is 0 Å². The molecule has 0 amide bonds. The topological polar surface area (TPSA) is 41.1 Å². The summed E-state index contributed by atoms with van der Waals surface area (Å²) in [4.78, 5) is 13.4. The quantitative estimate of drug-likeness (QED) is 0.738. The Morgan fingerprint density at radius 1 is 1.15 bits per heavy atom. The van der Waals surface area contributed by atoms with Crippen molar-refractivity contribution in [3.05, 3.63) is 51.8 Å². The first-order chi connectivity index (χ1) is 12.7. The number of piperidine rings is 1. The van der Waals surface area contributed by atoms with Gasteiger partial charge in [0.25, 0.3) is 0 Å². The molecule has 0 bridgehead atoms.